The first-order chi connectivity index (χ1) is 9.67. The largest absolute Gasteiger partial charge is 0.493 e. The van der Waals surface area contributed by atoms with Gasteiger partial charge in [-0.05, 0) is 24.5 Å². The van der Waals surface area contributed by atoms with E-state index in [0.717, 1.165) is 30.8 Å². The SMILES string of the molecule is CCCOc1cc(N)cc(NCCc2cnn(C)c2)c1. The quantitative estimate of drug-likeness (QED) is 0.761. The Labute approximate surface area is 119 Å². The fourth-order valence-corrected chi connectivity index (χ4v) is 1.98. The van der Waals surface area contributed by atoms with Crippen LogP contribution in [-0.4, -0.2) is 22.9 Å². The van der Waals surface area contributed by atoms with E-state index in [4.69, 9.17) is 10.5 Å². The number of anilines is 2. The molecule has 0 fully saturated rings. The van der Waals surface area contributed by atoms with Crippen molar-refractivity contribution in [2.75, 3.05) is 24.2 Å². The number of ether oxygens (including phenoxy) is 1. The fourth-order valence-electron chi connectivity index (χ4n) is 1.98. The van der Waals surface area contributed by atoms with Crippen LogP contribution in [0.5, 0.6) is 5.75 Å². The van der Waals surface area contributed by atoms with Crippen LogP contribution in [0.1, 0.15) is 18.9 Å². The van der Waals surface area contributed by atoms with E-state index in [0.29, 0.717) is 12.3 Å². The minimum absolute atomic E-state index is 0.707. The lowest BCUT2D eigenvalue weighted by molar-refractivity contribution is 0.318. The molecule has 5 nitrogen and oxygen atoms in total. The molecule has 0 unspecified atom stereocenters. The zero-order chi connectivity index (χ0) is 14.4. The molecule has 0 saturated carbocycles. The molecule has 1 aromatic heterocycles. The summed E-state index contributed by atoms with van der Waals surface area (Å²) < 4.78 is 7.42. The van der Waals surface area contributed by atoms with Gasteiger partial charge < -0.3 is 15.8 Å². The summed E-state index contributed by atoms with van der Waals surface area (Å²) in [5.74, 6) is 0.815. The third-order valence-corrected chi connectivity index (χ3v) is 2.90. The van der Waals surface area contributed by atoms with Crippen molar-refractivity contribution in [3.05, 3.63) is 36.2 Å². The number of hydrogen-bond donors (Lipinski definition) is 2. The van der Waals surface area contributed by atoms with Gasteiger partial charge in [0.1, 0.15) is 5.75 Å². The molecule has 3 N–H and O–H groups in total. The van der Waals surface area contributed by atoms with E-state index in [1.165, 1.54) is 5.56 Å². The van der Waals surface area contributed by atoms with Gasteiger partial charge in [-0.2, -0.15) is 5.10 Å². The standard InChI is InChI=1S/C15H22N4O/c1-3-6-20-15-8-13(16)7-14(9-15)17-5-4-12-10-18-19(2)11-12/h7-11,17H,3-6,16H2,1-2H3. The number of nitrogen functional groups attached to an aromatic ring is 1. The predicted octanol–water partition coefficient (Wildman–Crippen LogP) is 2.45. The van der Waals surface area contributed by atoms with Gasteiger partial charge >= 0.3 is 0 Å². The van der Waals surface area contributed by atoms with E-state index >= 15 is 0 Å². The highest BCUT2D eigenvalue weighted by atomic mass is 16.5. The van der Waals surface area contributed by atoms with Crippen molar-refractivity contribution < 1.29 is 4.74 Å². The van der Waals surface area contributed by atoms with Crippen LogP contribution in [0, 0.1) is 0 Å². The third-order valence-electron chi connectivity index (χ3n) is 2.90. The second kappa shape index (κ2) is 6.84. The number of hydrogen-bond acceptors (Lipinski definition) is 4. The molecule has 0 spiro atoms. The van der Waals surface area contributed by atoms with Crippen molar-refractivity contribution in [1.82, 2.24) is 9.78 Å². The normalized spacial score (nSPS) is 10.5. The summed E-state index contributed by atoms with van der Waals surface area (Å²) in [7, 11) is 1.92. The van der Waals surface area contributed by atoms with E-state index in [9.17, 15) is 0 Å². The Morgan fingerprint density at radius 1 is 1.35 bits per heavy atom. The van der Waals surface area contributed by atoms with Crippen LogP contribution in [0.15, 0.2) is 30.6 Å². The van der Waals surface area contributed by atoms with Crippen LogP contribution in [0.3, 0.4) is 0 Å². The van der Waals surface area contributed by atoms with Crippen molar-refractivity contribution in [3.63, 3.8) is 0 Å². The highest BCUT2D eigenvalue weighted by Crippen LogP contribution is 2.22. The molecular weight excluding hydrogens is 252 g/mol. The minimum atomic E-state index is 0.707. The molecule has 0 atom stereocenters. The Morgan fingerprint density at radius 2 is 2.20 bits per heavy atom. The van der Waals surface area contributed by atoms with Crippen molar-refractivity contribution >= 4 is 11.4 Å². The summed E-state index contributed by atoms with van der Waals surface area (Å²) in [5.41, 5.74) is 8.79. The molecular formula is C15H22N4O. The maximum Gasteiger partial charge on any atom is 0.123 e. The number of rotatable bonds is 7. The molecule has 0 radical (unpaired) electrons. The van der Waals surface area contributed by atoms with Gasteiger partial charge in [0, 0.05) is 43.3 Å². The molecule has 108 valence electrons. The molecule has 1 aromatic carbocycles. The first-order valence-electron chi connectivity index (χ1n) is 6.92. The summed E-state index contributed by atoms with van der Waals surface area (Å²) in [6, 6.07) is 5.75. The summed E-state index contributed by atoms with van der Waals surface area (Å²) in [6.07, 6.45) is 5.82. The maximum absolute atomic E-state index is 5.88. The molecule has 0 aliphatic carbocycles. The molecule has 0 aliphatic heterocycles. The molecule has 0 bridgehead atoms. The molecule has 20 heavy (non-hydrogen) atoms. The van der Waals surface area contributed by atoms with E-state index in [-0.39, 0.29) is 0 Å². The van der Waals surface area contributed by atoms with Gasteiger partial charge in [0.2, 0.25) is 0 Å². The Balaban J connectivity index is 1.89. The summed E-state index contributed by atoms with van der Waals surface area (Å²) in [4.78, 5) is 0. The van der Waals surface area contributed by atoms with Crippen molar-refractivity contribution in [3.8, 4) is 5.75 Å². The van der Waals surface area contributed by atoms with Crippen LogP contribution in [0.4, 0.5) is 11.4 Å². The lowest BCUT2D eigenvalue weighted by atomic mass is 10.2. The molecule has 2 rings (SSSR count). The van der Waals surface area contributed by atoms with Gasteiger partial charge in [0.05, 0.1) is 12.8 Å². The molecule has 5 heteroatoms. The average Bonchev–Trinajstić information content (AvgIpc) is 2.81. The average molecular weight is 274 g/mol. The van der Waals surface area contributed by atoms with Gasteiger partial charge in [0.15, 0.2) is 0 Å². The van der Waals surface area contributed by atoms with Gasteiger partial charge in [-0.15, -0.1) is 0 Å². The lowest BCUT2D eigenvalue weighted by Crippen LogP contribution is -2.05. The Kier molecular flexibility index (Phi) is 4.87. The number of nitrogens with one attached hydrogen (secondary N) is 1. The highest BCUT2D eigenvalue weighted by molar-refractivity contribution is 5.59. The zero-order valence-electron chi connectivity index (χ0n) is 12.1. The number of nitrogens with zero attached hydrogens (tertiary/aromatic N) is 2. The number of aryl methyl sites for hydroxylation is 1. The van der Waals surface area contributed by atoms with Crippen molar-refractivity contribution in [2.45, 2.75) is 19.8 Å². The van der Waals surface area contributed by atoms with Gasteiger partial charge in [-0.3, -0.25) is 4.68 Å². The number of nitrogens with two attached hydrogens (primary N) is 1. The molecule has 0 saturated heterocycles. The monoisotopic (exact) mass is 274 g/mol. The van der Waals surface area contributed by atoms with E-state index < -0.39 is 0 Å². The van der Waals surface area contributed by atoms with Crippen LogP contribution in [0.25, 0.3) is 0 Å². The van der Waals surface area contributed by atoms with Crippen LogP contribution in [0.2, 0.25) is 0 Å². The smallest absolute Gasteiger partial charge is 0.123 e. The zero-order valence-corrected chi connectivity index (χ0v) is 12.1. The molecule has 2 aromatic rings. The Morgan fingerprint density at radius 3 is 2.90 bits per heavy atom. The maximum atomic E-state index is 5.88. The highest BCUT2D eigenvalue weighted by Gasteiger charge is 2.01. The molecule has 1 heterocycles. The van der Waals surface area contributed by atoms with E-state index in [1.54, 1.807) is 0 Å². The minimum Gasteiger partial charge on any atom is -0.493 e. The van der Waals surface area contributed by atoms with Crippen LogP contribution in [-0.2, 0) is 13.5 Å². The molecule has 0 aliphatic rings. The van der Waals surface area contributed by atoms with Crippen molar-refractivity contribution in [1.29, 1.82) is 0 Å². The first-order valence-corrected chi connectivity index (χ1v) is 6.92. The summed E-state index contributed by atoms with van der Waals surface area (Å²) in [6.45, 7) is 3.63. The van der Waals surface area contributed by atoms with E-state index in [2.05, 4.69) is 17.3 Å². The van der Waals surface area contributed by atoms with Gasteiger partial charge in [0.25, 0.3) is 0 Å². The van der Waals surface area contributed by atoms with Gasteiger partial charge in [-0.25, -0.2) is 0 Å². The Bertz CT molecular complexity index is 551. The third kappa shape index (κ3) is 4.19. The fraction of sp³-hybridized carbons (Fsp3) is 0.400. The number of benzene rings is 1. The van der Waals surface area contributed by atoms with Crippen LogP contribution >= 0.6 is 0 Å². The second-order valence-corrected chi connectivity index (χ2v) is 4.84. The second-order valence-electron chi connectivity index (χ2n) is 4.84. The molecule has 0 amide bonds. The van der Waals surface area contributed by atoms with Crippen molar-refractivity contribution in [2.24, 2.45) is 7.05 Å². The first kappa shape index (κ1) is 14.2. The lowest BCUT2D eigenvalue weighted by Gasteiger charge is -2.10. The summed E-state index contributed by atoms with van der Waals surface area (Å²) in [5, 5.41) is 7.52. The Hall–Kier alpha value is -2.17. The van der Waals surface area contributed by atoms with E-state index in [1.807, 2.05) is 42.3 Å². The summed E-state index contributed by atoms with van der Waals surface area (Å²) >= 11 is 0. The van der Waals surface area contributed by atoms with Crippen LogP contribution < -0.4 is 15.8 Å². The topological polar surface area (TPSA) is 65.1 Å². The number of aromatic nitrogens is 2. The van der Waals surface area contributed by atoms with Gasteiger partial charge in [-0.1, -0.05) is 6.92 Å². The predicted molar refractivity (Wildman–Crippen MR) is 82.0 cm³/mol.